The Hall–Kier alpha value is -2.67. The smallest absolute Gasteiger partial charge is 0.274 e. The standard InChI is InChI=1S/C20H12Cl2FN3OS/c21-15-8-7-14(10-16(15)22)26-18(11-17(25-26)19-2-1-9-28-19)20(27)24-13-5-3-12(23)4-6-13/h1-11H,(H,24,27). The fraction of sp³-hybridized carbons (Fsp3) is 0. The molecule has 1 amide bonds. The Bertz CT molecular complexity index is 1140. The molecule has 2 aromatic heterocycles. The Kier molecular flexibility index (Phi) is 5.17. The van der Waals surface area contributed by atoms with Crippen molar-refractivity contribution in [2.45, 2.75) is 0 Å². The van der Waals surface area contributed by atoms with Crippen LogP contribution < -0.4 is 5.32 Å². The molecule has 8 heteroatoms. The Balaban J connectivity index is 1.76. The third-order valence-corrected chi connectivity index (χ3v) is 5.60. The third kappa shape index (κ3) is 3.80. The summed E-state index contributed by atoms with van der Waals surface area (Å²) < 4.78 is 14.6. The summed E-state index contributed by atoms with van der Waals surface area (Å²) in [5, 5.41) is 10.0. The second-order valence-corrected chi connectivity index (χ2v) is 7.63. The number of benzene rings is 2. The molecule has 0 bridgehead atoms. The molecule has 28 heavy (non-hydrogen) atoms. The van der Waals surface area contributed by atoms with E-state index in [0.29, 0.717) is 32.8 Å². The van der Waals surface area contributed by atoms with Gasteiger partial charge in [-0.1, -0.05) is 29.3 Å². The van der Waals surface area contributed by atoms with Crippen LogP contribution in [0, 0.1) is 5.82 Å². The van der Waals surface area contributed by atoms with Crippen molar-refractivity contribution in [3.05, 3.63) is 87.6 Å². The van der Waals surface area contributed by atoms with Crippen LogP contribution in [-0.2, 0) is 0 Å². The van der Waals surface area contributed by atoms with Crippen molar-refractivity contribution < 1.29 is 9.18 Å². The number of hydrogen-bond acceptors (Lipinski definition) is 3. The fourth-order valence-electron chi connectivity index (χ4n) is 2.63. The molecule has 0 aliphatic carbocycles. The van der Waals surface area contributed by atoms with Gasteiger partial charge in [-0.25, -0.2) is 9.07 Å². The maximum atomic E-state index is 13.1. The lowest BCUT2D eigenvalue weighted by Crippen LogP contribution is -2.17. The zero-order valence-electron chi connectivity index (χ0n) is 14.2. The minimum Gasteiger partial charge on any atom is -0.321 e. The lowest BCUT2D eigenvalue weighted by Gasteiger charge is -2.09. The van der Waals surface area contributed by atoms with Crippen LogP contribution in [0.1, 0.15) is 10.5 Å². The Morgan fingerprint density at radius 1 is 1.04 bits per heavy atom. The number of nitrogens with zero attached hydrogens (tertiary/aromatic N) is 2. The Labute approximate surface area is 174 Å². The molecule has 0 saturated heterocycles. The van der Waals surface area contributed by atoms with E-state index in [1.54, 1.807) is 24.3 Å². The van der Waals surface area contributed by atoms with Crippen molar-refractivity contribution in [1.29, 1.82) is 0 Å². The molecule has 0 radical (unpaired) electrons. The molecule has 0 aliphatic rings. The van der Waals surface area contributed by atoms with Crippen molar-refractivity contribution in [3.8, 4) is 16.3 Å². The van der Waals surface area contributed by atoms with Gasteiger partial charge < -0.3 is 5.32 Å². The van der Waals surface area contributed by atoms with Gasteiger partial charge in [0.25, 0.3) is 5.91 Å². The Morgan fingerprint density at radius 2 is 1.82 bits per heavy atom. The highest BCUT2D eigenvalue weighted by Gasteiger charge is 2.19. The number of thiophene rings is 1. The van der Waals surface area contributed by atoms with Crippen LogP contribution in [0.2, 0.25) is 10.0 Å². The Morgan fingerprint density at radius 3 is 2.50 bits per heavy atom. The maximum absolute atomic E-state index is 13.1. The molecule has 1 N–H and O–H groups in total. The summed E-state index contributed by atoms with van der Waals surface area (Å²) >= 11 is 13.7. The predicted molar refractivity (Wildman–Crippen MR) is 111 cm³/mol. The van der Waals surface area contributed by atoms with Crippen molar-refractivity contribution >= 4 is 46.1 Å². The van der Waals surface area contributed by atoms with E-state index in [2.05, 4.69) is 10.4 Å². The molecule has 0 fully saturated rings. The number of rotatable bonds is 4. The fourth-order valence-corrected chi connectivity index (χ4v) is 3.60. The summed E-state index contributed by atoms with van der Waals surface area (Å²) in [5.74, 6) is -0.758. The number of hydrogen-bond donors (Lipinski definition) is 1. The molecule has 2 aromatic carbocycles. The van der Waals surface area contributed by atoms with E-state index >= 15 is 0 Å². The summed E-state index contributed by atoms with van der Waals surface area (Å²) in [6, 6.07) is 16.1. The normalized spacial score (nSPS) is 10.8. The maximum Gasteiger partial charge on any atom is 0.274 e. The van der Waals surface area contributed by atoms with E-state index in [1.165, 1.54) is 40.3 Å². The lowest BCUT2D eigenvalue weighted by atomic mass is 10.2. The monoisotopic (exact) mass is 431 g/mol. The summed E-state index contributed by atoms with van der Waals surface area (Å²) in [7, 11) is 0. The van der Waals surface area contributed by atoms with Crippen LogP contribution in [0.25, 0.3) is 16.3 Å². The van der Waals surface area contributed by atoms with Crippen molar-refractivity contribution in [2.24, 2.45) is 0 Å². The van der Waals surface area contributed by atoms with E-state index in [0.717, 1.165) is 4.88 Å². The van der Waals surface area contributed by atoms with E-state index in [9.17, 15) is 9.18 Å². The largest absolute Gasteiger partial charge is 0.321 e. The van der Waals surface area contributed by atoms with Gasteiger partial charge in [-0.2, -0.15) is 5.10 Å². The van der Waals surface area contributed by atoms with Crippen LogP contribution in [0.4, 0.5) is 10.1 Å². The molecular weight excluding hydrogens is 420 g/mol. The molecule has 0 aliphatic heterocycles. The molecular formula is C20H12Cl2FN3OS. The van der Waals surface area contributed by atoms with Crippen LogP contribution in [0.3, 0.4) is 0 Å². The number of amides is 1. The average molecular weight is 432 g/mol. The first kappa shape index (κ1) is 18.7. The topological polar surface area (TPSA) is 46.9 Å². The first-order chi connectivity index (χ1) is 13.5. The number of halogens is 3. The SMILES string of the molecule is O=C(Nc1ccc(F)cc1)c1cc(-c2cccs2)nn1-c1ccc(Cl)c(Cl)c1. The van der Waals surface area contributed by atoms with Crippen LogP contribution in [0.15, 0.2) is 66.0 Å². The van der Waals surface area contributed by atoms with E-state index in [4.69, 9.17) is 23.2 Å². The van der Waals surface area contributed by atoms with Crippen molar-refractivity contribution in [3.63, 3.8) is 0 Å². The van der Waals surface area contributed by atoms with Gasteiger partial charge in [-0.3, -0.25) is 4.79 Å². The van der Waals surface area contributed by atoms with E-state index < -0.39 is 0 Å². The third-order valence-electron chi connectivity index (χ3n) is 3.97. The van der Waals surface area contributed by atoms with Gasteiger partial charge >= 0.3 is 0 Å². The van der Waals surface area contributed by atoms with Gasteiger partial charge in [-0.05, 0) is 60.0 Å². The highest BCUT2D eigenvalue weighted by molar-refractivity contribution is 7.13. The molecule has 4 aromatic rings. The summed E-state index contributed by atoms with van der Waals surface area (Å²) in [4.78, 5) is 13.8. The summed E-state index contributed by atoms with van der Waals surface area (Å²) in [6.07, 6.45) is 0. The van der Waals surface area contributed by atoms with Gasteiger partial charge in [0.05, 0.1) is 20.6 Å². The van der Waals surface area contributed by atoms with Gasteiger partial charge in [0.1, 0.15) is 17.2 Å². The highest BCUT2D eigenvalue weighted by atomic mass is 35.5. The number of carbonyl (C=O) groups is 1. The molecule has 0 unspecified atom stereocenters. The van der Waals surface area contributed by atoms with Gasteiger partial charge in [0.15, 0.2) is 0 Å². The molecule has 4 nitrogen and oxygen atoms in total. The molecule has 0 saturated carbocycles. The predicted octanol–water partition coefficient (Wildman–Crippen LogP) is 6.30. The van der Waals surface area contributed by atoms with E-state index in [-0.39, 0.29) is 11.7 Å². The molecule has 0 spiro atoms. The molecule has 0 atom stereocenters. The zero-order chi connectivity index (χ0) is 19.7. The minimum atomic E-state index is -0.381. The van der Waals surface area contributed by atoms with Crippen LogP contribution >= 0.6 is 34.5 Å². The lowest BCUT2D eigenvalue weighted by molar-refractivity contribution is 0.101. The number of anilines is 1. The van der Waals surface area contributed by atoms with Gasteiger partial charge in [0.2, 0.25) is 0 Å². The number of nitrogens with one attached hydrogen (secondary N) is 1. The average Bonchev–Trinajstić information content (AvgIpc) is 3.35. The first-order valence-corrected chi connectivity index (χ1v) is 9.81. The minimum absolute atomic E-state index is 0.311. The number of carbonyl (C=O) groups excluding carboxylic acids is 1. The molecule has 4 rings (SSSR count). The highest BCUT2D eigenvalue weighted by Crippen LogP contribution is 2.29. The van der Waals surface area contributed by atoms with Crippen LogP contribution in [0.5, 0.6) is 0 Å². The first-order valence-electron chi connectivity index (χ1n) is 8.17. The molecule has 2 heterocycles. The summed E-state index contributed by atoms with van der Waals surface area (Å²) in [6.45, 7) is 0. The number of aromatic nitrogens is 2. The second-order valence-electron chi connectivity index (χ2n) is 5.86. The van der Waals surface area contributed by atoms with E-state index in [1.807, 2.05) is 17.5 Å². The zero-order valence-corrected chi connectivity index (χ0v) is 16.5. The molecule has 140 valence electrons. The van der Waals surface area contributed by atoms with Gasteiger partial charge in [0, 0.05) is 5.69 Å². The quantitative estimate of drug-likeness (QED) is 0.412. The van der Waals surface area contributed by atoms with Crippen molar-refractivity contribution in [1.82, 2.24) is 9.78 Å². The van der Waals surface area contributed by atoms with Crippen molar-refractivity contribution in [2.75, 3.05) is 5.32 Å². The second kappa shape index (κ2) is 7.75. The summed E-state index contributed by atoms with van der Waals surface area (Å²) in [5.41, 5.74) is 2.05. The van der Waals surface area contributed by atoms with Gasteiger partial charge in [-0.15, -0.1) is 11.3 Å². The van der Waals surface area contributed by atoms with Crippen LogP contribution in [-0.4, -0.2) is 15.7 Å².